The van der Waals surface area contributed by atoms with Gasteiger partial charge in [-0.15, -0.1) is 0 Å². The summed E-state index contributed by atoms with van der Waals surface area (Å²) in [6.45, 7) is 1.27. The van der Waals surface area contributed by atoms with Gasteiger partial charge in [0.1, 0.15) is 0 Å². The molecule has 19 heavy (non-hydrogen) atoms. The van der Waals surface area contributed by atoms with E-state index in [2.05, 4.69) is 6.07 Å². The van der Waals surface area contributed by atoms with E-state index in [9.17, 15) is 8.42 Å². The van der Waals surface area contributed by atoms with Gasteiger partial charge in [0.2, 0.25) is 10.0 Å². The van der Waals surface area contributed by atoms with E-state index in [-0.39, 0.29) is 5.25 Å². The SMILES string of the molecule is Nc1ccccc1C1CCN(S(=O)(=O)C2CC2)CC1. The first-order chi connectivity index (χ1) is 9.09. The summed E-state index contributed by atoms with van der Waals surface area (Å²) in [6.07, 6.45) is 3.43. The van der Waals surface area contributed by atoms with Crippen LogP contribution in [-0.2, 0) is 10.0 Å². The number of nitrogens with two attached hydrogens (primary N) is 1. The standard InChI is InChI=1S/C14H20N2O2S/c15-14-4-2-1-3-13(14)11-7-9-16(10-8-11)19(17,18)12-5-6-12/h1-4,11-12H,5-10,15H2. The molecule has 1 saturated carbocycles. The van der Waals surface area contributed by atoms with E-state index < -0.39 is 10.0 Å². The molecule has 1 saturated heterocycles. The van der Waals surface area contributed by atoms with Gasteiger partial charge in [-0.05, 0) is 43.2 Å². The summed E-state index contributed by atoms with van der Waals surface area (Å²) >= 11 is 0. The second kappa shape index (κ2) is 4.80. The van der Waals surface area contributed by atoms with Crippen LogP contribution in [0.1, 0.15) is 37.2 Å². The van der Waals surface area contributed by atoms with Gasteiger partial charge in [0.05, 0.1) is 5.25 Å². The van der Waals surface area contributed by atoms with Crippen LogP contribution < -0.4 is 5.73 Å². The second-order valence-corrected chi connectivity index (χ2v) is 7.76. The van der Waals surface area contributed by atoms with Crippen LogP contribution in [0.5, 0.6) is 0 Å². The van der Waals surface area contributed by atoms with Gasteiger partial charge in [-0.3, -0.25) is 0 Å². The van der Waals surface area contributed by atoms with Crippen molar-refractivity contribution in [3.05, 3.63) is 29.8 Å². The highest BCUT2D eigenvalue weighted by Gasteiger charge is 2.41. The summed E-state index contributed by atoms with van der Waals surface area (Å²) in [5.41, 5.74) is 8.00. The summed E-state index contributed by atoms with van der Waals surface area (Å²) in [4.78, 5) is 0. The molecule has 0 radical (unpaired) electrons. The molecule has 0 spiro atoms. The first-order valence-electron chi connectivity index (χ1n) is 6.92. The molecule has 1 aliphatic heterocycles. The zero-order chi connectivity index (χ0) is 13.5. The van der Waals surface area contributed by atoms with E-state index in [4.69, 9.17) is 5.73 Å². The highest BCUT2D eigenvalue weighted by Crippen LogP contribution is 2.36. The first kappa shape index (κ1) is 12.9. The number of benzene rings is 1. The number of hydrogen-bond acceptors (Lipinski definition) is 3. The predicted molar refractivity (Wildman–Crippen MR) is 76.3 cm³/mol. The Hall–Kier alpha value is -1.07. The van der Waals surface area contributed by atoms with Gasteiger partial charge in [-0.1, -0.05) is 18.2 Å². The smallest absolute Gasteiger partial charge is 0.216 e. The fraction of sp³-hybridized carbons (Fsp3) is 0.571. The van der Waals surface area contributed by atoms with Gasteiger partial charge in [0.15, 0.2) is 0 Å². The molecule has 2 N–H and O–H groups in total. The zero-order valence-corrected chi connectivity index (χ0v) is 11.8. The average Bonchev–Trinajstić information content (AvgIpc) is 3.24. The van der Waals surface area contributed by atoms with Gasteiger partial charge in [-0.2, -0.15) is 0 Å². The number of nitrogen functional groups attached to an aromatic ring is 1. The Kier molecular flexibility index (Phi) is 3.27. The quantitative estimate of drug-likeness (QED) is 0.861. The molecule has 2 fully saturated rings. The van der Waals surface area contributed by atoms with Crippen LogP contribution in [0.3, 0.4) is 0 Å². The Morgan fingerprint density at radius 3 is 2.26 bits per heavy atom. The van der Waals surface area contributed by atoms with Gasteiger partial charge in [0.25, 0.3) is 0 Å². The van der Waals surface area contributed by atoms with Crippen LogP contribution in [0, 0.1) is 0 Å². The van der Waals surface area contributed by atoms with Crippen LogP contribution in [0.4, 0.5) is 5.69 Å². The molecule has 1 aromatic rings. The van der Waals surface area contributed by atoms with Crippen molar-refractivity contribution in [1.82, 2.24) is 4.31 Å². The molecule has 1 heterocycles. The van der Waals surface area contributed by atoms with Gasteiger partial charge < -0.3 is 5.73 Å². The first-order valence-corrected chi connectivity index (χ1v) is 8.42. The molecule has 1 aliphatic carbocycles. The third kappa shape index (κ3) is 2.49. The second-order valence-electron chi connectivity index (χ2n) is 5.55. The van der Waals surface area contributed by atoms with E-state index in [0.29, 0.717) is 19.0 Å². The minimum Gasteiger partial charge on any atom is -0.398 e. The number of hydrogen-bond donors (Lipinski definition) is 1. The van der Waals surface area contributed by atoms with Crippen LogP contribution >= 0.6 is 0 Å². The average molecular weight is 280 g/mol. The molecule has 2 aliphatic rings. The molecule has 4 nitrogen and oxygen atoms in total. The molecular weight excluding hydrogens is 260 g/mol. The largest absolute Gasteiger partial charge is 0.398 e. The number of sulfonamides is 1. The summed E-state index contributed by atoms with van der Waals surface area (Å²) in [6, 6.07) is 7.91. The Bertz CT molecular complexity index is 559. The van der Waals surface area contributed by atoms with E-state index >= 15 is 0 Å². The Labute approximate surface area is 114 Å². The van der Waals surface area contributed by atoms with E-state index in [0.717, 1.165) is 31.4 Å². The third-order valence-corrected chi connectivity index (χ3v) is 6.59. The number of nitrogens with zero attached hydrogens (tertiary/aromatic N) is 1. The fourth-order valence-electron chi connectivity index (χ4n) is 2.88. The highest BCUT2D eigenvalue weighted by atomic mass is 32.2. The monoisotopic (exact) mass is 280 g/mol. The normalized spacial score (nSPS) is 22.5. The zero-order valence-electron chi connectivity index (χ0n) is 11.0. The van der Waals surface area contributed by atoms with Gasteiger partial charge in [-0.25, -0.2) is 12.7 Å². The van der Waals surface area contributed by atoms with Gasteiger partial charge in [0, 0.05) is 18.8 Å². The third-order valence-electron chi connectivity index (χ3n) is 4.20. The molecule has 0 bridgehead atoms. The lowest BCUT2D eigenvalue weighted by molar-refractivity contribution is 0.319. The lowest BCUT2D eigenvalue weighted by Crippen LogP contribution is -2.39. The summed E-state index contributed by atoms with van der Waals surface area (Å²) in [7, 11) is -3.00. The number of para-hydroxylation sites is 1. The highest BCUT2D eigenvalue weighted by molar-refractivity contribution is 7.90. The van der Waals surface area contributed by atoms with E-state index in [1.165, 1.54) is 5.56 Å². The van der Waals surface area contributed by atoms with Crippen molar-refractivity contribution in [2.75, 3.05) is 18.8 Å². The molecule has 1 aromatic carbocycles. The fourth-order valence-corrected chi connectivity index (χ4v) is 4.75. The molecule has 5 heteroatoms. The van der Waals surface area contributed by atoms with Crippen molar-refractivity contribution < 1.29 is 8.42 Å². The molecule has 0 amide bonds. The van der Waals surface area contributed by atoms with Crippen molar-refractivity contribution in [2.24, 2.45) is 0 Å². The van der Waals surface area contributed by atoms with Crippen molar-refractivity contribution in [3.63, 3.8) is 0 Å². The lowest BCUT2D eigenvalue weighted by Gasteiger charge is -2.32. The Morgan fingerprint density at radius 1 is 1.05 bits per heavy atom. The Balaban J connectivity index is 1.68. The minimum atomic E-state index is -3.00. The molecule has 3 rings (SSSR count). The molecule has 0 aromatic heterocycles. The van der Waals surface area contributed by atoms with Crippen molar-refractivity contribution in [2.45, 2.75) is 36.9 Å². The van der Waals surface area contributed by atoms with Crippen LogP contribution in [0.2, 0.25) is 0 Å². The van der Waals surface area contributed by atoms with Crippen LogP contribution in [0.25, 0.3) is 0 Å². The lowest BCUT2D eigenvalue weighted by atomic mass is 9.89. The summed E-state index contributed by atoms with van der Waals surface area (Å²) in [5, 5.41) is -0.0918. The van der Waals surface area contributed by atoms with Crippen LogP contribution in [0.15, 0.2) is 24.3 Å². The van der Waals surface area contributed by atoms with Crippen molar-refractivity contribution in [1.29, 1.82) is 0 Å². The summed E-state index contributed by atoms with van der Waals surface area (Å²) < 4.78 is 26.0. The van der Waals surface area contributed by atoms with Gasteiger partial charge >= 0.3 is 0 Å². The Morgan fingerprint density at radius 2 is 1.68 bits per heavy atom. The van der Waals surface area contributed by atoms with Crippen molar-refractivity contribution >= 4 is 15.7 Å². The molecule has 104 valence electrons. The van der Waals surface area contributed by atoms with Crippen molar-refractivity contribution in [3.8, 4) is 0 Å². The van der Waals surface area contributed by atoms with Crippen LogP contribution in [-0.4, -0.2) is 31.1 Å². The maximum atomic E-state index is 12.2. The number of rotatable bonds is 3. The maximum absolute atomic E-state index is 12.2. The maximum Gasteiger partial charge on any atom is 0.216 e. The summed E-state index contributed by atoms with van der Waals surface area (Å²) in [5.74, 6) is 0.395. The number of piperidine rings is 1. The molecule has 0 atom stereocenters. The predicted octanol–water partition coefficient (Wildman–Crippen LogP) is 1.94. The van der Waals surface area contributed by atoms with E-state index in [1.54, 1.807) is 4.31 Å². The minimum absolute atomic E-state index is 0.0918. The molecular formula is C14H20N2O2S. The van der Waals surface area contributed by atoms with E-state index in [1.807, 2.05) is 18.2 Å². The molecule has 0 unspecified atom stereocenters. The number of anilines is 1. The topological polar surface area (TPSA) is 63.4 Å².